The largest absolute Gasteiger partial charge is 0.507 e. The topological polar surface area (TPSA) is 115 Å². The van der Waals surface area contributed by atoms with Gasteiger partial charge >= 0.3 is 0 Å². The maximum Gasteiger partial charge on any atom is 0.181 e. The van der Waals surface area contributed by atoms with Crippen molar-refractivity contribution < 1.29 is 30.0 Å². The van der Waals surface area contributed by atoms with E-state index < -0.39 is 17.0 Å². The van der Waals surface area contributed by atoms with Crippen molar-refractivity contribution in [3.63, 3.8) is 0 Å². The summed E-state index contributed by atoms with van der Waals surface area (Å²) in [5, 5.41) is 42.4. The van der Waals surface area contributed by atoms with Crippen LogP contribution in [-0.2, 0) is 0 Å². The lowest BCUT2D eigenvalue weighted by atomic mass is 9.66. The molecule has 0 amide bonds. The summed E-state index contributed by atoms with van der Waals surface area (Å²) in [5.74, 6) is -1.84. The molecule has 1 aliphatic rings. The van der Waals surface area contributed by atoms with E-state index in [0.717, 1.165) is 49.7 Å². The quantitative estimate of drug-likeness (QED) is 0.149. The van der Waals surface area contributed by atoms with Crippen LogP contribution in [0.1, 0.15) is 111 Å². The molecule has 1 aliphatic carbocycles. The van der Waals surface area contributed by atoms with Crippen LogP contribution in [0.4, 0.5) is 0 Å². The van der Waals surface area contributed by atoms with Crippen molar-refractivity contribution in [3.8, 4) is 17.2 Å². The van der Waals surface area contributed by atoms with E-state index in [2.05, 4.69) is 39.0 Å². The van der Waals surface area contributed by atoms with Crippen molar-refractivity contribution in [2.45, 2.75) is 93.4 Å². The summed E-state index contributed by atoms with van der Waals surface area (Å²) < 4.78 is 0. The maximum atomic E-state index is 13.8. The molecule has 42 heavy (non-hydrogen) atoms. The number of hydrogen-bond donors (Lipinski definition) is 4. The van der Waals surface area contributed by atoms with Crippen LogP contribution < -0.4 is 0 Å². The molecule has 0 fully saturated rings. The number of carbonyl (C=O) groups excluding carboxylic acids is 2. The highest BCUT2D eigenvalue weighted by atomic mass is 16.3. The van der Waals surface area contributed by atoms with Gasteiger partial charge in [-0.1, -0.05) is 41.0 Å². The normalized spacial score (nSPS) is 17.8. The van der Waals surface area contributed by atoms with Crippen molar-refractivity contribution in [2.24, 2.45) is 5.41 Å². The molecule has 0 bridgehead atoms. The van der Waals surface area contributed by atoms with Crippen molar-refractivity contribution in [1.29, 1.82) is 0 Å². The first-order valence-corrected chi connectivity index (χ1v) is 14.8. The Morgan fingerprint density at radius 2 is 1.33 bits per heavy atom. The van der Waals surface area contributed by atoms with Gasteiger partial charge < -0.3 is 20.4 Å². The molecule has 1 atom stereocenters. The second-order valence-corrected chi connectivity index (χ2v) is 12.2. The minimum absolute atomic E-state index is 0.0173. The van der Waals surface area contributed by atoms with Crippen molar-refractivity contribution in [3.05, 3.63) is 74.9 Å². The second kappa shape index (κ2) is 13.6. The van der Waals surface area contributed by atoms with Gasteiger partial charge in [0.2, 0.25) is 0 Å². The fraction of sp³-hybridized carbons (Fsp3) is 0.444. The molecule has 0 saturated carbocycles. The van der Waals surface area contributed by atoms with Crippen LogP contribution >= 0.6 is 0 Å². The number of hydrogen-bond acceptors (Lipinski definition) is 6. The first-order chi connectivity index (χ1) is 19.7. The van der Waals surface area contributed by atoms with Gasteiger partial charge in [0.05, 0.1) is 23.1 Å². The molecular weight excluding hydrogens is 528 g/mol. The zero-order valence-electron chi connectivity index (χ0n) is 26.1. The fourth-order valence-electron chi connectivity index (χ4n) is 5.68. The fourth-order valence-corrected chi connectivity index (χ4v) is 5.68. The van der Waals surface area contributed by atoms with E-state index in [1.165, 1.54) is 24.1 Å². The molecule has 6 heteroatoms. The number of Topliss-reactive ketones (excluding diaryl/α,β-unsaturated/α-hetero) is 2. The van der Waals surface area contributed by atoms with Gasteiger partial charge in [-0.3, -0.25) is 9.59 Å². The van der Waals surface area contributed by atoms with Gasteiger partial charge in [-0.2, -0.15) is 0 Å². The van der Waals surface area contributed by atoms with Crippen LogP contribution in [0.2, 0.25) is 0 Å². The molecule has 2 aromatic rings. The summed E-state index contributed by atoms with van der Waals surface area (Å²) >= 11 is 0. The number of aliphatic hydroxyl groups is 1. The van der Waals surface area contributed by atoms with Gasteiger partial charge in [-0.25, -0.2) is 0 Å². The number of rotatable bonds is 12. The highest BCUT2D eigenvalue weighted by Gasteiger charge is 2.49. The van der Waals surface area contributed by atoms with E-state index in [1.807, 2.05) is 13.0 Å². The van der Waals surface area contributed by atoms with Crippen molar-refractivity contribution in [1.82, 2.24) is 0 Å². The third-order valence-corrected chi connectivity index (χ3v) is 8.48. The minimum Gasteiger partial charge on any atom is -0.507 e. The molecule has 3 rings (SSSR count). The first-order valence-electron chi connectivity index (χ1n) is 14.8. The lowest BCUT2D eigenvalue weighted by Gasteiger charge is -2.33. The molecule has 0 saturated heterocycles. The van der Waals surface area contributed by atoms with Crippen molar-refractivity contribution in [2.75, 3.05) is 6.61 Å². The molecule has 6 nitrogen and oxygen atoms in total. The number of aromatic hydroxyl groups is 3. The van der Waals surface area contributed by atoms with E-state index in [9.17, 15) is 30.0 Å². The SMILES string of the molecule is CC(C)=CCC/C(=C/CC/C(C)=C/CC/C(C)=C/CC1(C)C(=O)c2c(O)cc(C)c3c(O)c(C)c(O)c(c23)C1=O)CO. The molecule has 0 aliphatic heterocycles. The molecule has 0 spiro atoms. The van der Waals surface area contributed by atoms with Crippen LogP contribution in [0, 0.1) is 19.3 Å². The van der Waals surface area contributed by atoms with Gasteiger partial charge in [0.1, 0.15) is 17.2 Å². The predicted octanol–water partition coefficient (Wildman–Crippen LogP) is 8.47. The van der Waals surface area contributed by atoms with Gasteiger partial charge in [0.15, 0.2) is 11.6 Å². The Labute approximate surface area is 249 Å². The van der Waals surface area contributed by atoms with E-state index in [4.69, 9.17) is 0 Å². The Hall–Kier alpha value is -3.64. The van der Waals surface area contributed by atoms with E-state index in [-0.39, 0.29) is 52.4 Å². The van der Waals surface area contributed by atoms with Gasteiger partial charge in [-0.15, -0.1) is 0 Å². The van der Waals surface area contributed by atoms with Gasteiger partial charge in [-0.05, 0) is 111 Å². The monoisotopic (exact) mass is 574 g/mol. The van der Waals surface area contributed by atoms with E-state index >= 15 is 0 Å². The lowest BCUT2D eigenvalue weighted by molar-refractivity contribution is 0.0681. The first kappa shape index (κ1) is 32.9. The standard InChI is InChI=1S/C36H46O6/c1-21(2)11-8-15-26(20-37)16-10-14-22(3)12-9-13-23(4)17-18-36(7)34(41)29-27(38)19-24(5)28-30(29)31(35(36)42)33(40)25(6)32(28)39/h11-12,16-17,19,37-40H,8-10,13-15,18,20H2,1-7H3/b22-12+,23-17+,26-16-. The molecule has 0 heterocycles. The predicted molar refractivity (Wildman–Crippen MR) is 170 cm³/mol. The summed E-state index contributed by atoms with van der Waals surface area (Å²) in [6.45, 7) is 13.1. The Bertz CT molecular complexity index is 1510. The Morgan fingerprint density at radius 1 is 0.762 bits per heavy atom. The summed E-state index contributed by atoms with van der Waals surface area (Å²) in [7, 11) is 0. The number of benzene rings is 2. The zero-order valence-corrected chi connectivity index (χ0v) is 26.1. The number of phenolic OH excluding ortho intramolecular Hbond substituents is 3. The van der Waals surface area contributed by atoms with Crippen LogP contribution in [0.3, 0.4) is 0 Å². The molecule has 2 aromatic carbocycles. The van der Waals surface area contributed by atoms with Crippen LogP contribution in [-0.4, -0.2) is 38.6 Å². The van der Waals surface area contributed by atoms with Crippen LogP contribution in [0.15, 0.2) is 52.7 Å². The molecular formula is C36H46O6. The molecule has 0 aromatic heterocycles. The number of aliphatic hydroxyl groups excluding tert-OH is 1. The number of aryl methyl sites for hydroxylation is 1. The highest BCUT2D eigenvalue weighted by molar-refractivity contribution is 6.34. The maximum absolute atomic E-state index is 13.8. The third kappa shape index (κ3) is 6.70. The summed E-state index contributed by atoms with van der Waals surface area (Å²) in [5.41, 5.74) is 3.81. The van der Waals surface area contributed by atoms with Gasteiger partial charge in [0, 0.05) is 16.3 Å². The van der Waals surface area contributed by atoms with E-state index in [0.29, 0.717) is 10.9 Å². The third-order valence-electron chi connectivity index (χ3n) is 8.48. The number of carbonyl (C=O) groups is 2. The lowest BCUT2D eigenvalue weighted by Crippen LogP contribution is -2.40. The number of allylic oxidation sites excluding steroid dienone is 7. The molecule has 0 radical (unpaired) electrons. The second-order valence-electron chi connectivity index (χ2n) is 12.2. The average molecular weight is 575 g/mol. The van der Waals surface area contributed by atoms with Gasteiger partial charge in [0.25, 0.3) is 0 Å². The van der Waals surface area contributed by atoms with Crippen molar-refractivity contribution >= 4 is 22.3 Å². The van der Waals surface area contributed by atoms with Crippen LogP contribution in [0.5, 0.6) is 17.2 Å². The smallest absolute Gasteiger partial charge is 0.181 e. The number of ketones is 2. The average Bonchev–Trinajstić information content (AvgIpc) is 2.92. The Balaban J connectivity index is 1.72. The molecule has 4 N–H and O–H groups in total. The minimum atomic E-state index is -1.50. The summed E-state index contributed by atoms with van der Waals surface area (Å²) in [6.07, 6.45) is 13.8. The number of phenols is 3. The summed E-state index contributed by atoms with van der Waals surface area (Å²) in [6, 6.07) is 1.42. The highest BCUT2D eigenvalue weighted by Crippen LogP contribution is 2.51. The molecule has 226 valence electrons. The van der Waals surface area contributed by atoms with Crippen LogP contribution in [0.25, 0.3) is 10.8 Å². The Morgan fingerprint density at radius 3 is 1.95 bits per heavy atom. The zero-order chi connectivity index (χ0) is 31.4. The summed E-state index contributed by atoms with van der Waals surface area (Å²) in [4.78, 5) is 27.6. The Kier molecular flexibility index (Phi) is 10.6. The molecule has 1 unspecified atom stereocenters. The van der Waals surface area contributed by atoms with E-state index in [1.54, 1.807) is 13.8 Å².